The van der Waals surface area contributed by atoms with E-state index in [0.29, 0.717) is 16.8 Å². The van der Waals surface area contributed by atoms with Crippen molar-refractivity contribution in [2.75, 3.05) is 40.3 Å². The fourth-order valence-corrected chi connectivity index (χ4v) is 2.44. The lowest BCUT2D eigenvalue weighted by molar-refractivity contribution is 0.639. The minimum atomic E-state index is 0.651. The van der Waals surface area contributed by atoms with Gasteiger partial charge in [0.15, 0.2) is 10.2 Å². The maximum atomic E-state index is 5.01. The summed E-state index contributed by atoms with van der Waals surface area (Å²) in [7, 11) is 3.59. The first kappa shape index (κ1) is 19.9. The Hall–Kier alpha value is -1.14. The van der Waals surface area contributed by atoms with Gasteiger partial charge in [-0.2, -0.15) is 0 Å². The van der Waals surface area contributed by atoms with Crippen LogP contribution < -0.4 is 31.9 Å². The van der Waals surface area contributed by atoms with Crippen molar-refractivity contribution >= 4 is 46.2 Å². The molecule has 8 nitrogen and oxygen atoms in total. The van der Waals surface area contributed by atoms with Gasteiger partial charge in [-0.3, -0.25) is 0 Å². The Bertz CT molecular complexity index is 438. The number of nitrogens with zero attached hydrogens (tertiary/aromatic N) is 2. The summed E-state index contributed by atoms with van der Waals surface area (Å²) in [6.45, 7) is 4.61. The minimum absolute atomic E-state index is 0.651. The lowest BCUT2D eigenvalue weighted by Gasteiger charge is -2.09. The zero-order valence-electron chi connectivity index (χ0n) is 13.4. The van der Waals surface area contributed by atoms with E-state index in [1.54, 1.807) is 14.1 Å². The molecule has 0 bridgehead atoms. The van der Waals surface area contributed by atoms with Crippen molar-refractivity contribution < 1.29 is 0 Å². The molecule has 0 saturated carbocycles. The molecule has 1 aromatic heterocycles. The number of nitrogens with one attached hydrogen (secondary N) is 6. The van der Waals surface area contributed by atoms with Crippen LogP contribution in [0.15, 0.2) is 0 Å². The van der Waals surface area contributed by atoms with E-state index in [1.807, 2.05) is 0 Å². The topological polar surface area (TPSA) is 98.0 Å². The van der Waals surface area contributed by atoms with Crippen LogP contribution in [0.5, 0.6) is 0 Å². The molecule has 0 aliphatic rings. The van der Waals surface area contributed by atoms with Crippen LogP contribution in [0.4, 0.5) is 0 Å². The van der Waals surface area contributed by atoms with E-state index in [1.165, 1.54) is 11.5 Å². The van der Waals surface area contributed by atoms with E-state index in [2.05, 4.69) is 41.5 Å². The first-order valence-electron chi connectivity index (χ1n) is 7.30. The van der Waals surface area contributed by atoms with Crippen LogP contribution in [0.1, 0.15) is 10.6 Å². The lowest BCUT2D eigenvalue weighted by Crippen LogP contribution is -2.37. The fourth-order valence-electron chi connectivity index (χ4n) is 1.61. The summed E-state index contributed by atoms with van der Waals surface area (Å²) >= 11 is 11.4. The molecule has 11 heteroatoms. The van der Waals surface area contributed by atoms with Gasteiger partial charge in [-0.05, 0) is 36.0 Å². The summed E-state index contributed by atoms with van der Waals surface area (Å²) in [5.74, 6) is 0. The highest BCUT2D eigenvalue weighted by Crippen LogP contribution is 2.09. The SMILES string of the molecule is CNC(=S)NCCNCc1nnsc1CNCCNC(=S)NC. The Morgan fingerprint density at radius 2 is 1.48 bits per heavy atom. The molecule has 6 N–H and O–H groups in total. The molecule has 0 atom stereocenters. The van der Waals surface area contributed by atoms with Gasteiger partial charge in [0.25, 0.3) is 0 Å². The Morgan fingerprint density at radius 1 is 0.913 bits per heavy atom. The predicted octanol–water partition coefficient (Wildman–Crippen LogP) is -1.09. The molecule has 0 radical (unpaired) electrons. The maximum absolute atomic E-state index is 5.01. The smallest absolute Gasteiger partial charge is 0.166 e. The Labute approximate surface area is 151 Å². The van der Waals surface area contributed by atoms with Crippen molar-refractivity contribution in [1.29, 1.82) is 0 Å². The molecule has 0 aromatic carbocycles. The van der Waals surface area contributed by atoms with Crippen molar-refractivity contribution in [3.63, 3.8) is 0 Å². The molecule has 0 aliphatic carbocycles. The molecule has 1 heterocycles. The average molecular weight is 377 g/mol. The molecule has 1 aromatic rings. The van der Waals surface area contributed by atoms with Gasteiger partial charge < -0.3 is 31.9 Å². The second kappa shape index (κ2) is 12.3. The number of aromatic nitrogens is 2. The van der Waals surface area contributed by atoms with Gasteiger partial charge in [0, 0.05) is 53.4 Å². The van der Waals surface area contributed by atoms with Crippen molar-refractivity contribution in [3.8, 4) is 0 Å². The van der Waals surface area contributed by atoms with Crippen LogP contribution in [0.3, 0.4) is 0 Å². The lowest BCUT2D eigenvalue weighted by atomic mass is 10.3. The third kappa shape index (κ3) is 8.91. The van der Waals surface area contributed by atoms with Crippen LogP contribution in [0, 0.1) is 0 Å². The molecule has 0 spiro atoms. The predicted molar refractivity (Wildman–Crippen MR) is 103 cm³/mol. The third-order valence-corrected chi connectivity index (χ3v) is 4.30. The second-order valence-corrected chi connectivity index (χ2v) is 6.16. The molecular formula is C12H24N8S3. The molecule has 0 fully saturated rings. The third-order valence-electron chi connectivity index (χ3n) is 2.84. The van der Waals surface area contributed by atoms with Crippen LogP contribution in [-0.4, -0.2) is 60.1 Å². The van der Waals surface area contributed by atoms with Crippen LogP contribution in [-0.2, 0) is 13.1 Å². The van der Waals surface area contributed by atoms with Crippen molar-refractivity contribution in [1.82, 2.24) is 41.5 Å². The Morgan fingerprint density at radius 3 is 2.04 bits per heavy atom. The van der Waals surface area contributed by atoms with E-state index < -0.39 is 0 Å². The van der Waals surface area contributed by atoms with Gasteiger partial charge in [-0.1, -0.05) is 4.49 Å². The summed E-state index contributed by atoms with van der Waals surface area (Å²) in [6.07, 6.45) is 0. The zero-order chi connectivity index (χ0) is 16.9. The quantitative estimate of drug-likeness (QED) is 0.223. The van der Waals surface area contributed by atoms with Gasteiger partial charge in [0.1, 0.15) is 0 Å². The first-order chi connectivity index (χ1) is 11.2. The Balaban J connectivity index is 2.15. The minimum Gasteiger partial charge on any atom is -0.366 e. The van der Waals surface area contributed by atoms with Gasteiger partial charge in [-0.15, -0.1) is 5.10 Å². The summed E-state index contributed by atoms with van der Waals surface area (Å²) in [6, 6.07) is 0. The van der Waals surface area contributed by atoms with Gasteiger partial charge in [0.2, 0.25) is 0 Å². The van der Waals surface area contributed by atoms with E-state index in [0.717, 1.165) is 43.3 Å². The van der Waals surface area contributed by atoms with Gasteiger partial charge in [-0.25, -0.2) is 0 Å². The van der Waals surface area contributed by atoms with Crippen molar-refractivity contribution in [2.24, 2.45) is 0 Å². The number of hydrogen-bond acceptors (Lipinski definition) is 7. The molecule has 130 valence electrons. The number of hydrogen-bond donors (Lipinski definition) is 6. The highest BCUT2D eigenvalue weighted by molar-refractivity contribution is 7.80. The van der Waals surface area contributed by atoms with Gasteiger partial charge >= 0.3 is 0 Å². The normalized spacial score (nSPS) is 10.2. The van der Waals surface area contributed by atoms with E-state index in [-0.39, 0.29) is 0 Å². The fraction of sp³-hybridized carbons (Fsp3) is 0.667. The summed E-state index contributed by atoms with van der Waals surface area (Å²) < 4.78 is 4.02. The molecule has 0 unspecified atom stereocenters. The second-order valence-electron chi connectivity index (χ2n) is 4.51. The molecule has 1 rings (SSSR count). The highest BCUT2D eigenvalue weighted by Gasteiger charge is 2.07. The van der Waals surface area contributed by atoms with Crippen molar-refractivity contribution in [3.05, 3.63) is 10.6 Å². The monoisotopic (exact) mass is 376 g/mol. The van der Waals surface area contributed by atoms with E-state index in [9.17, 15) is 0 Å². The van der Waals surface area contributed by atoms with E-state index in [4.69, 9.17) is 24.4 Å². The molecule has 0 saturated heterocycles. The maximum Gasteiger partial charge on any atom is 0.166 e. The molecular weight excluding hydrogens is 352 g/mol. The molecule has 0 amide bonds. The zero-order valence-corrected chi connectivity index (χ0v) is 15.8. The summed E-state index contributed by atoms with van der Waals surface area (Å²) in [4.78, 5) is 1.15. The van der Waals surface area contributed by atoms with Crippen LogP contribution in [0.2, 0.25) is 0 Å². The standard InChI is InChI=1S/C12H24N8S3/c1-13-11(21)17-5-3-15-7-9-10(23-20-19-9)8-16-4-6-18-12(22)14-2/h15-16H,3-8H2,1-2H3,(H2,13,17,21)(H2,14,18,22). The summed E-state index contributed by atoms with van der Waals surface area (Å²) in [5.41, 5.74) is 0.984. The number of rotatable bonds is 10. The Kier molecular flexibility index (Phi) is 10.6. The largest absolute Gasteiger partial charge is 0.366 e. The number of thiocarbonyl (C=S) groups is 2. The van der Waals surface area contributed by atoms with E-state index >= 15 is 0 Å². The molecule has 23 heavy (non-hydrogen) atoms. The van der Waals surface area contributed by atoms with Crippen LogP contribution >= 0.6 is 36.0 Å². The average Bonchev–Trinajstić information content (AvgIpc) is 3.01. The molecule has 0 aliphatic heterocycles. The summed E-state index contributed by atoms with van der Waals surface area (Å²) in [5, 5.41) is 24.0. The van der Waals surface area contributed by atoms with Crippen LogP contribution in [0.25, 0.3) is 0 Å². The van der Waals surface area contributed by atoms with Crippen molar-refractivity contribution in [2.45, 2.75) is 13.1 Å². The first-order valence-corrected chi connectivity index (χ1v) is 8.89. The highest BCUT2D eigenvalue weighted by atomic mass is 32.1. The van der Waals surface area contributed by atoms with Gasteiger partial charge in [0.05, 0.1) is 10.6 Å².